The summed E-state index contributed by atoms with van der Waals surface area (Å²) in [7, 11) is 0. The average Bonchev–Trinajstić information content (AvgIpc) is 3.36. The van der Waals surface area contributed by atoms with Crippen LogP contribution in [0.1, 0.15) is 11.3 Å². The minimum atomic E-state index is -0.749. The number of hydrogen-bond acceptors (Lipinski definition) is 5. The van der Waals surface area contributed by atoms with Crippen molar-refractivity contribution in [2.24, 2.45) is 0 Å². The molecule has 0 aliphatic heterocycles. The lowest BCUT2D eigenvalue weighted by atomic mass is 10.1. The molecule has 148 valence electrons. The number of nitrogens with zero attached hydrogens (tertiary/aromatic N) is 2. The van der Waals surface area contributed by atoms with E-state index in [1.807, 2.05) is 30.5 Å². The number of halogens is 2. The van der Waals surface area contributed by atoms with Gasteiger partial charge in [0.05, 0.1) is 23.9 Å². The van der Waals surface area contributed by atoms with Crippen molar-refractivity contribution in [1.29, 1.82) is 0 Å². The first kappa shape index (κ1) is 19.6. The van der Waals surface area contributed by atoms with Crippen molar-refractivity contribution >= 4 is 44.4 Å². The zero-order chi connectivity index (χ0) is 20.4. The van der Waals surface area contributed by atoms with Crippen molar-refractivity contribution in [1.82, 2.24) is 4.98 Å². The normalized spacial score (nSPS) is 11.1. The molecule has 4 rings (SSSR count). The maximum absolute atomic E-state index is 14.1. The zero-order valence-corrected chi connectivity index (χ0v) is 17.0. The molecule has 0 saturated heterocycles. The Morgan fingerprint density at radius 3 is 2.69 bits per heavy atom. The summed E-state index contributed by atoms with van der Waals surface area (Å²) in [4.78, 5) is 19.9. The topological polar surface area (TPSA) is 46.3 Å². The quantitative estimate of drug-likeness (QED) is 0.370. The molecule has 4 nitrogen and oxygen atoms in total. The standard InChI is InChI=1S/C21H16F2N2O2S2/c1-28-16-6-4-13(5-7-16)9-19(26)25(12-15-3-2-8-27-15)21-24-20-17(23)10-14(22)11-18(20)29-21/h2-8,10-11H,9,12H2,1H3. The van der Waals surface area contributed by atoms with Gasteiger partial charge in [0.1, 0.15) is 17.1 Å². The second kappa shape index (κ2) is 8.34. The SMILES string of the molecule is CSc1ccc(CC(=O)N(Cc2ccco2)c2nc3c(F)cc(F)cc3s2)cc1. The predicted octanol–water partition coefficient (Wildman–Crippen LogP) is 5.67. The van der Waals surface area contributed by atoms with E-state index in [0.717, 1.165) is 27.9 Å². The Morgan fingerprint density at radius 1 is 1.21 bits per heavy atom. The molecule has 0 aliphatic rings. The number of carbonyl (C=O) groups is 1. The number of hydrogen-bond donors (Lipinski definition) is 0. The van der Waals surface area contributed by atoms with Crippen molar-refractivity contribution in [3.8, 4) is 0 Å². The molecule has 29 heavy (non-hydrogen) atoms. The molecule has 4 aromatic rings. The number of thiazole rings is 1. The maximum atomic E-state index is 14.1. The van der Waals surface area contributed by atoms with Crippen LogP contribution < -0.4 is 4.90 Å². The van der Waals surface area contributed by atoms with E-state index in [2.05, 4.69) is 4.98 Å². The van der Waals surface area contributed by atoms with Crippen LogP contribution in [0.15, 0.2) is 64.1 Å². The van der Waals surface area contributed by atoms with Gasteiger partial charge in [-0.25, -0.2) is 13.8 Å². The fourth-order valence-electron chi connectivity index (χ4n) is 2.90. The molecule has 0 radical (unpaired) electrons. The number of thioether (sulfide) groups is 1. The summed E-state index contributed by atoms with van der Waals surface area (Å²) in [5.74, 6) is -1.07. The lowest BCUT2D eigenvalue weighted by Crippen LogP contribution is -2.31. The summed E-state index contributed by atoms with van der Waals surface area (Å²) < 4.78 is 33.4. The van der Waals surface area contributed by atoms with Crippen molar-refractivity contribution in [2.75, 3.05) is 11.2 Å². The summed E-state index contributed by atoms with van der Waals surface area (Å²) in [5, 5.41) is 0.298. The first-order valence-electron chi connectivity index (χ1n) is 8.75. The number of aromatic nitrogens is 1. The molecule has 0 unspecified atom stereocenters. The number of carbonyl (C=O) groups excluding carboxylic acids is 1. The molecule has 0 atom stereocenters. The van der Waals surface area contributed by atoms with Crippen molar-refractivity contribution in [3.63, 3.8) is 0 Å². The molecule has 0 saturated carbocycles. The van der Waals surface area contributed by atoms with E-state index in [9.17, 15) is 13.6 Å². The van der Waals surface area contributed by atoms with Gasteiger partial charge in [-0.05, 0) is 42.2 Å². The van der Waals surface area contributed by atoms with Gasteiger partial charge >= 0.3 is 0 Å². The van der Waals surface area contributed by atoms with Crippen LogP contribution in [0.3, 0.4) is 0 Å². The van der Waals surface area contributed by atoms with Gasteiger partial charge in [-0.2, -0.15) is 0 Å². The third-order valence-corrected chi connectivity index (χ3v) is 6.11. The average molecular weight is 431 g/mol. The van der Waals surface area contributed by atoms with E-state index in [1.165, 1.54) is 17.2 Å². The molecule has 1 amide bonds. The van der Waals surface area contributed by atoms with Crippen LogP contribution in [0.5, 0.6) is 0 Å². The fraction of sp³-hybridized carbons (Fsp3) is 0.143. The monoisotopic (exact) mass is 430 g/mol. The largest absolute Gasteiger partial charge is 0.467 e. The summed E-state index contributed by atoms with van der Waals surface area (Å²) >= 11 is 2.69. The third-order valence-electron chi connectivity index (χ3n) is 4.34. The third kappa shape index (κ3) is 4.33. The fourth-order valence-corrected chi connectivity index (χ4v) is 4.33. The molecule has 0 bridgehead atoms. The molecular weight excluding hydrogens is 414 g/mol. The molecule has 2 heterocycles. The Bertz CT molecular complexity index is 1140. The van der Waals surface area contributed by atoms with Crippen LogP contribution in [-0.4, -0.2) is 17.1 Å². The van der Waals surface area contributed by atoms with Crippen LogP contribution in [0.25, 0.3) is 10.2 Å². The van der Waals surface area contributed by atoms with Gasteiger partial charge < -0.3 is 4.42 Å². The van der Waals surface area contributed by atoms with E-state index in [0.29, 0.717) is 15.6 Å². The number of rotatable bonds is 6. The lowest BCUT2D eigenvalue weighted by Gasteiger charge is -2.19. The summed E-state index contributed by atoms with van der Waals surface area (Å²) in [6.45, 7) is 0.151. The molecular formula is C21H16F2N2O2S2. The highest BCUT2D eigenvalue weighted by atomic mass is 32.2. The van der Waals surface area contributed by atoms with E-state index in [4.69, 9.17) is 4.42 Å². The van der Waals surface area contributed by atoms with Crippen molar-refractivity contribution < 1.29 is 18.0 Å². The molecule has 0 spiro atoms. The van der Waals surface area contributed by atoms with Crippen LogP contribution >= 0.6 is 23.1 Å². The van der Waals surface area contributed by atoms with Crippen LogP contribution in [0.4, 0.5) is 13.9 Å². The summed E-state index contributed by atoms with van der Waals surface area (Å²) in [6.07, 6.45) is 3.66. The number of benzene rings is 2. The number of amides is 1. The molecule has 0 fully saturated rings. The van der Waals surface area contributed by atoms with E-state index >= 15 is 0 Å². The van der Waals surface area contributed by atoms with Gasteiger partial charge in [0.15, 0.2) is 10.9 Å². The van der Waals surface area contributed by atoms with Crippen LogP contribution in [-0.2, 0) is 17.8 Å². The van der Waals surface area contributed by atoms with E-state index in [1.54, 1.807) is 23.9 Å². The number of fused-ring (bicyclic) bond motifs is 1. The molecule has 0 aliphatic carbocycles. The highest BCUT2D eigenvalue weighted by molar-refractivity contribution is 7.98. The summed E-state index contributed by atoms with van der Waals surface area (Å²) in [6, 6.07) is 13.2. The van der Waals surface area contributed by atoms with Gasteiger partial charge in [-0.1, -0.05) is 23.5 Å². The van der Waals surface area contributed by atoms with Gasteiger partial charge in [-0.3, -0.25) is 9.69 Å². The smallest absolute Gasteiger partial charge is 0.233 e. The first-order chi connectivity index (χ1) is 14.0. The number of anilines is 1. The lowest BCUT2D eigenvalue weighted by molar-refractivity contribution is -0.118. The van der Waals surface area contributed by atoms with Gasteiger partial charge in [0.25, 0.3) is 0 Å². The van der Waals surface area contributed by atoms with Crippen molar-refractivity contribution in [3.05, 3.63) is 77.8 Å². The minimum Gasteiger partial charge on any atom is -0.467 e. The Kier molecular flexibility index (Phi) is 5.64. The zero-order valence-electron chi connectivity index (χ0n) is 15.4. The van der Waals surface area contributed by atoms with E-state index in [-0.39, 0.29) is 24.4 Å². The molecule has 8 heteroatoms. The van der Waals surface area contributed by atoms with Crippen LogP contribution in [0.2, 0.25) is 0 Å². The van der Waals surface area contributed by atoms with Gasteiger partial charge in [0.2, 0.25) is 5.91 Å². The highest BCUT2D eigenvalue weighted by Gasteiger charge is 2.23. The second-order valence-corrected chi connectivity index (χ2v) is 8.20. The second-order valence-electron chi connectivity index (χ2n) is 6.31. The van der Waals surface area contributed by atoms with Crippen LogP contribution in [0, 0.1) is 11.6 Å². The molecule has 2 aromatic carbocycles. The minimum absolute atomic E-state index is 0.0490. The van der Waals surface area contributed by atoms with Gasteiger partial charge in [0, 0.05) is 11.0 Å². The first-order valence-corrected chi connectivity index (χ1v) is 10.8. The number of furan rings is 1. The Labute approximate surface area is 174 Å². The molecule has 2 aromatic heterocycles. The summed E-state index contributed by atoms with van der Waals surface area (Å²) in [5.41, 5.74) is 0.906. The molecule has 0 N–H and O–H groups in total. The Hall–Kier alpha value is -2.71. The predicted molar refractivity (Wildman–Crippen MR) is 111 cm³/mol. The van der Waals surface area contributed by atoms with Crippen molar-refractivity contribution in [2.45, 2.75) is 17.9 Å². The van der Waals surface area contributed by atoms with E-state index < -0.39 is 11.6 Å². The van der Waals surface area contributed by atoms with Gasteiger partial charge in [-0.15, -0.1) is 11.8 Å². The Morgan fingerprint density at radius 2 is 2.00 bits per heavy atom. The highest BCUT2D eigenvalue weighted by Crippen LogP contribution is 2.32. The maximum Gasteiger partial charge on any atom is 0.233 e. The Balaban J connectivity index is 1.67.